The lowest BCUT2D eigenvalue weighted by molar-refractivity contribution is -0.117. The normalized spacial score (nSPS) is 15.1. The topological polar surface area (TPSA) is 32.3 Å². The number of anilines is 2. The summed E-state index contributed by atoms with van der Waals surface area (Å²) < 4.78 is 13.2. The van der Waals surface area contributed by atoms with Crippen molar-refractivity contribution in [1.82, 2.24) is 0 Å². The van der Waals surface area contributed by atoms with Gasteiger partial charge in [-0.15, -0.1) is 0 Å². The smallest absolute Gasteiger partial charge is 0.246 e. The molecule has 114 valence electrons. The molecule has 0 aromatic heterocycles. The van der Waals surface area contributed by atoms with Gasteiger partial charge in [0.1, 0.15) is 11.9 Å². The van der Waals surface area contributed by atoms with Gasteiger partial charge in [-0.25, -0.2) is 4.39 Å². The maximum Gasteiger partial charge on any atom is 0.246 e. The van der Waals surface area contributed by atoms with E-state index < -0.39 is 0 Å². The molecule has 2 aromatic carbocycles. The summed E-state index contributed by atoms with van der Waals surface area (Å²) in [5.74, 6) is -0.476. The molecular weight excluding hydrogens is 279 g/mol. The van der Waals surface area contributed by atoms with Gasteiger partial charge in [-0.1, -0.05) is 24.3 Å². The number of rotatable bonds is 3. The van der Waals surface area contributed by atoms with E-state index in [1.807, 2.05) is 19.1 Å². The van der Waals surface area contributed by atoms with E-state index in [9.17, 15) is 9.18 Å². The fourth-order valence-corrected chi connectivity index (χ4v) is 2.92. The van der Waals surface area contributed by atoms with Crippen molar-refractivity contribution in [2.75, 3.05) is 16.8 Å². The van der Waals surface area contributed by atoms with E-state index in [-0.39, 0.29) is 17.8 Å². The molecular formula is C18H19FN2O. The van der Waals surface area contributed by atoms with E-state index in [0.29, 0.717) is 5.69 Å². The molecule has 1 aliphatic heterocycles. The van der Waals surface area contributed by atoms with Crippen molar-refractivity contribution in [3.63, 3.8) is 0 Å². The molecule has 1 aliphatic rings. The summed E-state index contributed by atoms with van der Waals surface area (Å²) in [5, 5.41) is 2.79. The van der Waals surface area contributed by atoms with Crippen LogP contribution < -0.4 is 10.2 Å². The van der Waals surface area contributed by atoms with Gasteiger partial charge in [-0.05, 0) is 49.6 Å². The highest BCUT2D eigenvalue weighted by molar-refractivity contribution is 5.96. The Morgan fingerprint density at radius 1 is 1.23 bits per heavy atom. The van der Waals surface area contributed by atoms with Crippen LogP contribution in [-0.2, 0) is 11.2 Å². The van der Waals surface area contributed by atoms with Crippen LogP contribution in [0.25, 0.3) is 0 Å². The quantitative estimate of drug-likeness (QED) is 0.939. The minimum absolute atomic E-state index is 0.123. The number of aryl methyl sites for hydroxylation is 1. The van der Waals surface area contributed by atoms with Gasteiger partial charge >= 0.3 is 0 Å². The third-order valence-corrected chi connectivity index (χ3v) is 4.09. The van der Waals surface area contributed by atoms with Crippen LogP contribution in [0.3, 0.4) is 0 Å². The Labute approximate surface area is 129 Å². The number of carbonyl (C=O) groups excluding carboxylic acids is 1. The van der Waals surface area contributed by atoms with Crippen LogP contribution in [0, 0.1) is 5.82 Å². The maximum atomic E-state index is 13.2. The van der Waals surface area contributed by atoms with Crippen LogP contribution in [-0.4, -0.2) is 18.5 Å². The van der Waals surface area contributed by atoms with E-state index in [1.54, 1.807) is 12.1 Å². The summed E-state index contributed by atoms with van der Waals surface area (Å²) in [5.41, 5.74) is 2.89. The van der Waals surface area contributed by atoms with E-state index >= 15 is 0 Å². The zero-order valence-corrected chi connectivity index (χ0v) is 12.6. The Bertz CT molecular complexity index is 686. The molecule has 2 aromatic rings. The summed E-state index contributed by atoms with van der Waals surface area (Å²) in [7, 11) is 0. The zero-order chi connectivity index (χ0) is 15.5. The molecule has 0 aliphatic carbocycles. The molecule has 0 unspecified atom stereocenters. The van der Waals surface area contributed by atoms with Gasteiger partial charge in [0.25, 0.3) is 0 Å². The molecule has 0 saturated heterocycles. The van der Waals surface area contributed by atoms with Crippen molar-refractivity contribution >= 4 is 17.3 Å². The lowest BCUT2D eigenvalue weighted by Crippen LogP contribution is -2.44. The second kappa shape index (κ2) is 6.18. The van der Waals surface area contributed by atoms with Gasteiger partial charge in [-0.3, -0.25) is 4.79 Å². The largest absolute Gasteiger partial charge is 0.360 e. The Balaban J connectivity index is 1.77. The first-order chi connectivity index (χ1) is 10.6. The second-order valence-electron chi connectivity index (χ2n) is 5.60. The molecule has 22 heavy (non-hydrogen) atoms. The molecule has 4 heteroatoms. The van der Waals surface area contributed by atoms with Crippen molar-refractivity contribution in [1.29, 1.82) is 0 Å². The van der Waals surface area contributed by atoms with Crippen LogP contribution >= 0.6 is 0 Å². The zero-order valence-electron chi connectivity index (χ0n) is 12.6. The first-order valence-electron chi connectivity index (χ1n) is 7.56. The molecule has 0 fully saturated rings. The van der Waals surface area contributed by atoms with Gasteiger partial charge in [0.15, 0.2) is 0 Å². The van der Waals surface area contributed by atoms with Crippen molar-refractivity contribution in [3.05, 3.63) is 59.9 Å². The average molecular weight is 298 g/mol. The van der Waals surface area contributed by atoms with E-state index in [2.05, 4.69) is 22.3 Å². The van der Waals surface area contributed by atoms with Crippen LogP contribution in [0.2, 0.25) is 0 Å². The number of fused-ring (bicyclic) bond motifs is 1. The van der Waals surface area contributed by atoms with Gasteiger partial charge in [0.05, 0.1) is 0 Å². The molecule has 3 nitrogen and oxygen atoms in total. The predicted octanol–water partition coefficient (Wildman–Crippen LogP) is 3.61. The van der Waals surface area contributed by atoms with E-state index in [0.717, 1.165) is 25.1 Å². The fourth-order valence-electron chi connectivity index (χ4n) is 2.92. The van der Waals surface area contributed by atoms with Gasteiger partial charge < -0.3 is 10.2 Å². The van der Waals surface area contributed by atoms with E-state index in [1.165, 1.54) is 17.7 Å². The van der Waals surface area contributed by atoms with Crippen LogP contribution in [0.15, 0.2) is 48.5 Å². The number of nitrogens with one attached hydrogen (secondary N) is 1. The highest BCUT2D eigenvalue weighted by Gasteiger charge is 2.25. The number of para-hydroxylation sites is 1. The number of nitrogens with zero attached hydrogens (tertiary/aromatic N) is 1. The summed E-state index contributed by atoms with van der Waals surface area (Å²) >= 11 is 0. The number of benzene rings is 2. The second-order valence-corrected chi connectivity index (χ2v) is 5.60. The molecule has 1 heterocycles. The predicted molar refractivity (Wildman–Crippen MR) is 86.6 cm³/mol. The monoisotopic (exact) mass is 298 g/mol. The Kier molecular flexibility index (Phi) is 4.09. The summed E-state index contributed by atoms with van der Waals surface area (Å²) in [6, 6.07) is 13.9. The van der Waals surface area contributed by atoms with Crippen LogP contribution in [0.4, 0.5) is 15.8 Å². The van der Waals surface area contributed by atoms with Gasteiger partial charge in [0.2, 0.25) is 5.91 Å². The third kappa shape index (κ3) is 2.96. The molecule has 1 N–H and O–H groups in total. The van der Waals surface area contributed by atoms with Crippen LogP contribution in [0.5, 0.6) is 0 Å². The van der Waals surface area contributed by atoms with Crippen LogP contribution in [0.1, 0.15) is 18.9 Å². The molecule has 0 radical (unpaired) electrons. The van der Waals surface area contributed by atoms with Crippen molar-refractivity contribution in [3.8, 4) is 0 Å². The minimum Gasteiger partial charge on any atom is -0.360 e. The maximum absolute atomic E-state index is 13.2. The number of hydrogen-bond acceptors (Lipinski definition) is 2. The molecule has 0 bridgehead atoms. The Hall–Kier alpha value is -2.36. The Morgan fingerprint density at radius 2 is 2.05 bits per heavy atom. The molecule has 1 amide bonds. The first kappa shape index (κ1) is 14.6. The lowest BCUT2D eigenvalue weighted by atomic mass is 10.00. The standard InChI is InChI=1S/C18H19FN2O/c1-13(18(22)20-16-9-4-8-15(19)12-16)21-11-5-7-14-6-2-3-10-17(14)21/h2-4,6,8-10,12-13H,5,7,11H2,1H3,(H,20,22)/t13-/m1/s1. The molecule has 0 spiro atoms. The lowest BCUT2D eigenvalue weighted by Gasteiger charge is -2.35. The van der Waals surface area contributed by atoms with E-state index in [4.69, 9.17) is 0 Å². The van der Waals surface area contributed by atoms with Gasteiger partial charge in [0, 0.05) is 17.9 Å². The van der Waals surface area contributed by atoms with Gasteiger partial charge in [-0.2, -0.15) is 0 Å². The number of halogens is 1. The molecule has 1 atom stereocenters. The number of hydrogen-bond donors (Lipinski definition) is 1. The summed E-state index contributed by atoms with van der Waals surface area (Å²) in [4.78, 5) is 14.6. The van der Waals surface area contributed by atoms with Crippen molar-refractivity contribution in [2.24, 2.45) is 0 Å². The highest BCUT2D eigenvalue weighted by Crippen LogP contribution is 2.28. The first-order valence-corrected chi connectivity index (χ1v) is 7.56. The number of amides is 1. The fraction of sp³-hybridized carbons (Fsp3) is 0.278. The highest BCUT2D eigenvalue weighted by atomic mass is 19.1. The minimum atomic E-state index is -0.353. The summed E-state index contributed by atoms with van der Waals surface area (Å²) in [6.07, 6.45) is 2.08. The van der Waals surface area contributed by atoms with Crippen molar-refractivity contribution in [2.45, 2.75) is 25.8 Å². The summed E-state index contributed by atoms with van der Waals surface area (Å²) in [6.45, 7) is 2.74. The SMILES string of the molecule is C[C@H](C(=O)Nc1cccc(F)c1)N1CCCc2ccccc21. The third-order valence-electron chi connectivity index (χ3n) is 4.09. The Morgan fingerprint density at radius 3 is 2.86 bits per heavy atom. The molecule has 0 saturated carbocycles. The van der Waals surface area contributed by atoms with Crippen molar-refractivity contribution < 1.29 is 9.18 Å². The average Bonchev–Trinajstić information content (AvgIpc) is 2.53. The number of carbonyl (C=O) groups is 1. The molecule has 3 rings (SSSR count).